The largest absolute Gasteiger partial charge is 0.398 e. The fraction of sp³-hybridized carbons (Fsp3) is 0.0588. The van der Waals surface area contributed by atoms with Gasteiger partial charge in [-0.15, -0.1) is 0 Å². The van der Waals surface area contributed by atoms with E-state index in [4.69, 9.17) is 5.73 Å². The zero-order valence-electron chi connectivity index (χ0n) is 11.8. The van der Waals surface area contributed by atoms with E-state index in [0.717, 1.165) is 22.3 Å². The highest BCUT2D eigenvalue weighted by Crippen LogP contribution is 2.17. The normalized spacial score (nSPS) is 11.1. The van der Waals surface area contributed by atoms with Gasteiger partial charge in [-0.3, -0.25) is 5.01 Å². The molecule has 104 valence electrons. The van der Waals surface area contributed by atoms with Crippen molar-refractivity contribution in [3.8, 4) is 0 Å². The molecule has 0 aliphatic rings. The van der Waals surface area contributed by atoms with Crippen LogP contribution in [0.5, 0.6) is 0 Å². The van der Waals surface area contributed by atoms with Gasteiger partial charge in [0.25, 0.3) is 0 Å². The van der Waals surface area contributed by atoms with Crippen LogP contribution in [-0.4, -0.2) is 18.2 Å². The van der Waals surface area contributed by atoms with E-state index in [0.29, 0.717) is 5.69 Å². The lowest BCUT2D eigenvalue weighted by Crippen LogP contribution is -2.11. The second-order valence-corrected chi connectivity index (χ2v) is 4.76. The second kappa shape index (κ2) is 5.63. The van der Waals surface area contributed by atoms with Gasteiger partial charge in [0.2, 0.25) is 0 Å². The third-order valence-corrected chi connectivity index (χ3v) is 3.28. The highest BCUT2D eigenvalue weighted by atomic mass is 15.5. The van der Waals surface area contributed by atoms with Crippen LogP contribution in [0.3, 0.4) is 0 Å². The van der Waals surface area contributed by atoms with Crippen molar-refractivity contribution >= 4 is 28.6 Å². The predicted octanol–water partition coefficient (Wildman–Crippen LogP) is 3.29. The molecule has 4 nitrogen and oxygen atoms in total. The number of anilines is 2. The Kier molecular flexibility index (Phi) is 3.51. The van der Waals surface area contributed by atoms with Crippen LogP contribution in [0, 0.1) is 0 Å². The first-order valence-corrected chi connectivity index (χ1v) is 6.72. The van der Waals surface area contributed by atoms with Crippen molar-refractivity contribution in [2.45, 2.75) is 0 Å². The molecule has 0 aliphatic carbocycles. The molecule has 0 radical (unpaired) electrons. The third-order valence-electron chi connectivity index (χ3n) is 3.28. The van der Waals surface area contributed by atoms with Crippen LogP contribution in [0.15, 0.2) is 65.8 Å². The number of nitrogen functional groups attached to an aromatic ring is 1. The Labute approximate surface area is 123 Å². The molecule has 0 aliphatic heterocycles. The molecule has 0 fully saturated rings. The van der Waals surface area contributed by atoms with Crippen molar-refractivity contribution < 1.29 is 0 Å². The third kappa shape index (κ3) is 2.84. The van der Waals surface area contributed by atoms with Gasteiger partial charge in [0.1, 0.15) is 5.82 Å². The summed E-state index contributed by atoms with van der Waals surface area (Å²) in [5.41, 5.74) is 8.45. The van der Waals surface area contributed by atoms with Crippen LogP contribution in [0.4, 0.5) is 11.5 Å². The minimum Gasteiger partial charge on any atom is -0.398 e. The average molecular weight is 276 g/mol. The molecule has 0 bridgehead atoms. The first-order chi connectivity index (χ1) is 10.2. The van der Waals surface area contributed by atoms with Gasteiger partial charge in [-0.25, -0.2) is 4.98 Å². The zero-order chi connectivity index (χ0) is 14.7. The van der Waals surface area contributed by atoms with Gasteiger partial charge < -0.3 is 5.73 Å². The Morgan fingerprint density at radius 3 is 2.62 bits per heavy atom. The van der Waals surface area contributed by atoms with Gasteiger partial charge in [0.15, 0.2) is 0 Å². The Balaban J connectivity index is 1.87. The summed E-state index contributed by atoms with van der Waals surface area (Å²) in [6.07, 6.45) is 1.74. The fourth-order valence-electron chi connectivity index (χ4n) is 2.07. The molecule has 0 saturated heterocycles. The molecule has 3 aromatic rings. The van der Waals surface area contributed by atoms with Crippen LogP contribution in [0.25, 0.3) is 10.9 Å². The van der Waals surface area contributed by atoms with E-state index >= 15 is 0 Å². The number of benzene rings is 2. The molecular formula is C17H16N4. The molecule has 0 atom stereocenters. The highest BCUT2D eigenvalue weighted by Gasteiger charge is 2.02. The second-order valence-electron chi connectivity index (χ2n) is 4.76. The number of nitrogens with zero attached hydrogens (tertiary/aromatic N) is 3. The number of hydrogen-bond donors (Lipinski definition) is 1. The number of pyridine rings is 1. The molecule has 0 saturated carbocycles. The SMILES string of the molecule is CN(/N=C/c1ccccc1N)c1ccc2ccccc2n1. The lowest BCUT2D eigenvalue weighted by molar-refractivity contribution is 0.991. The monoisotopic (exact) mass is 276 g/mol. The maximum Gasteiger partial charge on any atom is 0.149 e. The Hall–Kier alpha value is -2.88. The summed E-state index contributed by atoms with van der Waals surface area (Å²) in [6.45, 7) is 0. The minimum atomic E-state index is 0.709. The van der Waals surface area contributed by atoms with Crippen molar-refractivity contribution in [1.82, 2.24) is 4.98 Å². The molecule has 0 amide bonds. The number of fused-ring (bicyclic) bond motifs is 1. The summed E-state index contributed by atoms with van der Waals surface area (Å²) >= 11 is 0. The molecule has 0 spiro atoms. The molecule has 2 N–H and O–H groups in total. The first-order valence-electron chi connectivity index (χ1n) is 6.72. The molecule has 1 aromatic heterocycles. The van der Waals surface area contributed by atoms with Crippen molar-refractivity contribution in [2.24, 2.45) is 5.10 Å². The van der Waals surface area contributed by atoms with Crippen molar-refractivity contribution in [3.05, 3.63) is 66.2 Å². The number of hydrogen-bond acceptors (Lipinski definition) is 4. The zero-order valence-corrected chi connectivity index (χ0v) is 11.8. The quantitative estimate of drug-likeness (QED) is 0.454. The number of para-hydroxylation sites is 2. The maximum absolute atomic E-state index is 5.89. The molecular weight excluding hydrogens is 260 g/mol. The van der Waals surface area contributed by atoms with E-state index in [1.54, 1.807) is 11.2 Å². The standard InChI is InChI=1S/C17H16N4/c1-21(19-12-14-7-2-4-8-15(14)18)17-11-10-13-6-3-5-9-16(13)20-17/h2-12H,18H2,1H3/b19-12+. The van der Waals surface area contributed by atoms with Gasteiger partial charge in [-0.1, -0.05) is 36.4 Å². The van der Waals surface area contributed by atoms with Crippen LogP contribution in [0.2, 0.25) is 0 Å². The van der Waals surface area contributed by atoms with Crippen molar-refractivity contribution in [3.63, 3.8) is 0 Å². The maximum atomic E-state index is 5.89. The summed E-state index contributed by atoms with van der Waals surface area (Å²) in [7, 11) is 1.87. The average Bonchev–Trinajstić information content (AvgIpc) is 2.53. The van der Waals surface area contributed by atoms with Crippen molar-refractivity contribution in [1.29, 1.82) is 0 Å². The van der Waals surface area contributed by atoms with Gasteiger partial charge in [-0.2, -0.15) is 5.10 Å². The van der Waals surface area contributed by atoms with Crippen LogP contribution >= 0.6 is 0 Å². The summed E-state index contributed by atoms with van der Waals surface area (Å²) in [6, 6.07) is 19.6. The number of nitrogens with two attached hydrogens (primary N) is 1. The van der Waals surface area contributed by atoms with E-state index in [1.165, 1.54) is 0 Å². The lowest BCUT2D eigenvalue weighted by Gasteiger charge is -2.12. The molecule has 3 rings (SSSR count). The lowest BCUT2D eigenvalue weighted by atomic mass is 10.2. The summed E-state index contributed by atoms with van der Waals surface area (Å²) in [5, 5.41) is 7.25. The Morgan fingerprint density at radius 2 is 1.76 bits per heavy atom. The smallest absolute Gasteiger partial charge is 0.149 e. The van der Waals surface area contributed by atoms with Crippen molar-refractivity contribution in [2.75, 3.05) is 17.8 Å². The summed E-state index contributed by atoms with van der Waals surface area (Å²) in [5.74, 6) is 0.791. The number of rotatable bonds is 3. The summed E-state index contributed by atoms with van der Waals surface area (Å²) < 4.78 is 0. The molecule has 21 heavy (non-hydrogen) atoms. The first kappa shape index (κ1) is 13.1. The molecule has 2 aromatic carbocycles. The van der Waals surface area contributed by atoms with E-state index in [-0.39, 0.29) is 0 Å². The van der Waals surface area contributed by atoms with Crippen LogP contribution < -0.4 is 10.7 Å². The predicted molar refractivity (Wildman–Crippen MR) is 88.6 cm³/mol. The van der Waals surface area contributed by atoms with Gasteiger partial charge in [0, 0.05) is 23.7 Å². The highest BCUT2D eigenvalue weighted by molar-refractivity contribution is 5.87. The van der Waals surface area contributed by atoms with E-state index in [1.807, 2.05) is 67.7 Å². The summed E-state index contributed by atoms with van der Waals surface area (Å²) in [4.78, 5) is 4.59. The Bertz CT molecular complexity index is 795. The van der Waals surface area contributed by atoms with Gasteiger partial charge in [-0.05, 0) is 24.3 Å². The molecule has 4 heteroatoms. The fourth-order valence-corrected chi connectivity index (χ4v) is 2.07. The van der Waals surface area contributed by atoms with E-state index in [2.05, 4.69) is 10.1 Å². The van der Waals surface area contributed by atoms with Crippen LogP contribution in [0.1, 0.15) is 5.56 Å². The van der Waals surface area contributed by atoms with Gasteiger partial charge >= 0.3 is 0 Å². The van der Waals surface area contributed by atoms with E-state index < -0.39 is 0 Å². The number of aromatic nitrogens is 1. The Morgan fingerprint density at radius 1 is 1.00 bits per heavy atom. The number of hydrazone groups is 1. The van der Waals surface area contributed by atoms with Gasteiger partial charge in [0.05, 0.1) is 11.7 Å². The topological polar surface area (TPSA) is 54.5 Å². The molecule has 1 heterocycles. The van der Waals surface area contributed by atoms with E-state index in [9.17, 15) is 0 Å². The minimum absolute atomic E-state index is 0.709. The van der Waals surface area contributed by atoms with Crippen LogP contribution in [-0.2, 0) is 0 Å². The molecule has 0 unspecified atom stereocenters.